The molecule has 1 N–H and O–H groups in total. The number of nitrogens with zero attached hydrogens (tertiary/aromatic N) is 3. The normalized spacial score (nSPS) is 20.9. The van der Waals surface area contributed by atoms with Gasteiger partial charge in [0.15, 0.2) is 5.82 Å². The van der Waals surface area contributed by atoms with Crippen LogP contribution in [0.3, 0.4) is 0 Å². The van der Waals surface area contributed by atoms with E-state index in [-0.39, 0.29) is 6.10 Å². The molecular weight excluding hydrogens is 182 g/mol. The van der Waals surface area contributed by atoms with Crippen molar-refractivity contribution in [2.24, 2.45) is 0 Å². The molecule has 1 aromatic heterocycles. The van der Waals surface area contributed by atoms with Gasteiger partial charge in [-0.15, -0.1) is 0 Å². The topological polar surface area (TPSA) is 60.2 Å². The molecule has 1 aliphatic rings. The number of hydrogen-bond donors (Lipinski definition) is 1. The Morgan fingerprint density at radius 2 is 2.50 bits per heavy atom. The third-order valence-electron chi connectivity index (χ3n) is 2.41. The zero-order chi connectivity index (χ0) is 9.97. The first-order chi connectivity index (χ1) is 6.79. The van der Waals surface area contributed by atoms with Gasteiger partial charge in [0, 0.05) is 20.0 Å². The summed E-state index contributed by atoms with van der Waals surface area (Å²) in [6.45, 7) is 1.22. The third-order valence-corrected chi connectivity index (χ3v) is 2.41. The number of aliphatic hydroxyl groups is 1. The van der Waals surface area contributed by atoms with Crippen LogP contribution in [0.4, 0.5) is 0 Å². The van der Waals surface area contributed by atoms with E-state index >= 15 is 0 Å². The number of methoxy groups -OCH3 is 1. The zero-order valence-electron chi connectivity index (χ0n) is 8.31. The zero-order valence-corrected chi connectivity index (χ0v) is 8.31. The van der Waals surface area contributed by atoms with Crippen molar-refractivity contribution in [3.05, 3.63) is 11.6 Å². The fraction of sp³-hybridized carbons (Fsp3) is 0.778. The van der Waals surface area contributed by atoms with Gasteiger partial charge in [0.05, 0.1) is 19.3 Å². The molecule has 78 valence electrons. The Kier molecular flexibility index (Phi) is 2.79. The molecule has 0 aromatic carbocycles. The number of fused-ring (bicyclic) bond motifs is 1. The van der Waals surface area contributed by atoms with Crippen molar-refractivity contribution in [1.82, 2.24) is 14.8 Å². The molecule has 14 heavy (non-hydrogen) atoms. The summed E-state index contributed by atoms with van der Waals surface area (Å²) in [5, 5.41) is 13.7. The average molecular weight is 197 g/mol. The standard InChI is InChI=1S/C9H15N3O2/c1-14-5-4-8-10-9-3-2-7(13)6-12(9)11-8/h7,13H,2-6H2,1H3. The molecule has 0 aliphatic carbocycles. The van der Waals surface area contributed by atoms with Gasteiger partial charge in [-0.25, -0.2) is 9.67 Å². The van der Waals surface area contributed by atoms with Gasteiger partial charge in [0.25, 0.3) is 0 Å². The van der Waals surface area contributed by atoms with E-state index in [9.17, 15) is 5.11 Å². The van der Waals surface area contributed by atoms with Crippen molar-refractivity contribution in [2.75, 3.05) is 13.7 Å². The highest BCUT2D eigenvalue weighted by Crippen LogP contribution is 2.12. The van der Waals surface area contributed by atoms with E-state index < -0.39 is 0 Å². The van der Waals surface area contributed by atoms with E-state index in [2.05, 4.69) is 10.1 Å². The summed E-state index contributed by atoms with van der Waals surface area (Å²) in [6.07, 6.45) is 2.09. The van der Waals surface area contributed by atoms with Gasteiger partial charge in [0.1, 0.15) is 5.82 Å². The summed E-state index contributed by atoms with van der Waals surface area (Å²) >= 11 is 0. The highest BCUT2D eigenvalue weighted by Gasteiger charge is 2.19. The molecule has 1 unspecified atom stereocenters. The highest BCUT2D eigenvalue weighted by molar-refractivity contribution is 4.97. The molecule has 0 radical (unpaired) electrons. The SMILES string of the molecule is COCCc1nc2n(n1)CC(O)CC2. The molecule has 1 aromatic rings. The monoisotopic (exact) mass is 197 g/mol. The van der Waals surface area contributed by atoms with Crippen molar-refractivity contribution in [3.8, 4) is 0 Å². The minimum atomic E-state index is -0.264. The van der Waals surface area contributed by atoms with Crippen LogP contribution >= 0.6 is 0 Å². The van der Waals surface area contributed by atoms with Crippen molar-refractivity contribution < 1.29 is 9.84 Å². The first-order valence-corrected chi connectivity index (χ1v) is 4.89. The second kappa shape index (κ2) is 4.06. The summed E-state index contributed by atoms with van der Waals surface area (Å²) in [4.78, 5) is 4.38. The van der Waals surface area contributed by atoms with Gasteiger partial charge in [-0.1, -0.05) is 0 Å². The van der Waals surface area contributed by atoms with E-state index in [4.69, 9.17) is 4.74 Å². The Labute approximate surface area is 82.7 Å². The minimum absolute atomic E-state index is 0.264. The third kappa shape index (κ3) is 1.93. The van der Waals surface area contributed by atoms with Crippen LogP contribution in [0.25, 0.3) is 0 Å². The van der Waals surface area contributed by atoms with Crippen LogP contribution in [0.2, 0.25) is 0 Å². The van der Waals surface area contributed by atoms with Crippen molar-refractivity contribution >= 4 is 0 Å². The molecule has 0 fully saturated rings. The molecule has 0 saturated heterocycles. The number of ether oxygens (including phenoxy) is 1. The first kappa shape index (κ1) is 9.61. The quantitative estimate of drug-likeness (QED) is 0.727. The molecular formula is C9H15N3O2. The summed E-state index contributed by atoms with van der Waals surface area (Å²) in [5.74, 6) is 1.80. The van der Waals surface area contributed by atoms with Crippen molar-refractivity contribution in [2.45, 2.75) is 31.9 Å². The predicted octanol–water partition coefficient (Wildman–Crippen LogP) is -0.226. The molecule has 1 atom stereocenters. The van der Waals surface area contributed by atoms with Gasteiger partial charge in [-0.2, -0.15) is 5.10 Å². The summed E-state index contributed by atoms with van der Waals surface area (Å²) in [6, 6.07) is 0. The molecule has 0 bridgehead atoms. The maximum absolute atomic E-state index is 9.43. The largest absolute Gasteiger partial charge is 0.391 e. The van der Waals surface area contributed by atoms with Crippen LogP contribution in [-0.4, -0.2) is 39.7 Å². The van der Waals surface area contributed by atoms with Gasteiger partial charge in [0.2, 0.25) is 0 Å². The smallest absolute Gasteiger partial charge is 0.153 e. The van der Waals surface area contributed by atoms with Gasteiger partial charge < -0.3 is 9.84 Å². The Morgan fingerprint density at radius 3 is 3.29 bits per heavy atom. The van der Waals surface area contributed by atoms with E-state index in [1.165, 1.54) is 0 Å². The maximum Gasteiger partial charge on any atom is 0.153 e. The molecule has 0 saturated carbocycles. The van der Waals surface area contributed by atoms with Crippen LogP contribution in [0, 0.1) is 0 Å². The summed E-state index contributed by atoms with van der Waals surface area (Å²) in [7, 11) is 1.67. The second-order valence-electron chi connectivity index (χ2n) is 3.56. The van der Waals surface area contributed by atoms with E-state index in [0.717, 1.165) is 30.9 Å². The predicted molar refractivity (Wildman–Crippen MR) is 49.9 cm³/mol. The van der Waals surface area contributed by atoms with Crippen molar-refractivity contribution in [3.63, 3.8) is 0 Å². The fourth-order valence-corrected chi connectivity index (χ4v) is 1.64. The van der Waals surface area contributed by atoms with E-state index in [1.807, 2.05) is 0 Å². The lowest BCUT2D eigenvalue weighted by atomic mass is 10.1. The number of aryl methyl sites for hydroxylation is 1. The molecule has 0 amide bonds. The summed E-state index contributed by atoms with van der Waals surface area (Å²) in [5.41, 5.74) is 0. The Bertz CT molecular complexity index is 311. The number of aliphatic hydroxyl groups excluding tert-OH is 1. The highest BCUT2D eigenvalue weighted by atomic mass is 16.5. The molecule has 1 aliphatic heterocycles. The van der Waals surface area contributed by atoms with Crippen LogP contribution in [0.5, 0.6) is 0 Å². The van der Waals surface area contributed by atoms with Crippen LogP contribution in [0.15, 0.2) is 0 Å². The lowest BCUT2D eigenvalue weighted by Crippen LogP contribution is -2.25. The van der Waals surface area contributed by atoms with Gasteiger partial charge in [-0.3, -0.25) is 0 Å². The summed E-state index contributed by atoms with van der Waals surface area (Å²) < 4.78 is 6.76. The van der Waals surface area contributed by atoms with Crippen LogP contribution in [0.1, 0.15) is 18.1 Å². The minimum Gasteiger partial charge on any atom is -0.391 e. The van der Waals surface area contributed by atoms with Crippen LogP contribution in [-0.2, 0) is 24.1 Å². The lowest BCUT2D eigenvalue weighted by molar-refractivity contribution is 0.124. The van der Waals surface area contributed by atoms with Crippen LogP contribution < -0.4 is 0 Å². The molecule has 0 spiro atoms. The molecule has 5 heteroatoms. The van der Waals surface area contributed by atoms with Gasteiger partial charge >= 0.3 is 0 Å². The fourth-order valence-electron chi connectivity index (χ4n) is 1.64. The second-order valence-corrected chi connectivity index (χ2v) is 3.56. The Morgan fingerprint density at radius 1 is 1.64 bits per heavy atom. The van der Waals surface area contributed by atoms with E-state index in [1.54, 1.807) is 11.8 Å². The van der Waals surface area contributed by atoms with Crippen molar-refractivity contribution in [1.29, 1.82) is 0 Å². The average Bonchev–Trinajstić information content (AvgIpc) is 2.56. The van der Waals surface area contributed by atoms with Gasteiger partial charge in [-0.05, 0) is 6.42 Å². The Balaban J connectivity index is 2.07. The molecule has 2 heterocycles. The Hall–Kier alpha value is -0.940. The molecule has 5 nitrogen and oxygen atoms in total. The lowest BCUT2D eigenvalue weighted by Gasteiger charge is -2.16. The molecule has 2 rings (SSSR count). The number of hydrogen-bond acceptors (Lipinski definition) is 4. The number of rotatable bonds is 3. The van der Waals surface area contributed by atoms with E-state index in [0.29, 0.717) is 13.2 Å². The first-order valence-electron chi connectivity index (χ1n) is 4.89. The maximum atomic E-state index is 9.43. The number of aromatic nitrogens is 3.